The van der Waals surface area contributed by atoms with Gasteiger partial charge in [0.15, 0.2) is 0 Å². The van der Waals surface area contributed by atoms with Gasteiger partial charge < -0.3 is 15.9 Å². The molecule has 0 bridgehead atoms. The van der Waals surface area contributed by atoms with Crippen molar-refractivity contribution in [1.82, 2.24) is 5.32 Å². The summed E-state index contributed by atoms with van der Waals surface area (Å²) in [6, 6.07) is 0. The molecule has 0 aliphatic rings. The molecule has 1 atom stereocenters. The van der Waals surface area contributed by atoms with Crippen molar-refractivity contribution in [3.8, 4) is 0 Å². The van der Waals surface area contributed by atoms with E-state index in [2.05, 4.69) is 12.2 Å². The van der Waals surface area contributed by atoms with Crippen molar-refractivity contribution in [2.45, 2.75) is 32.6 Å². The van der Waals surface area contributed by atoms with Crippen molar-refractivity contribution in [3.63, 3.8) is 0 Å². The standard InChI is InChI=1S/C6H15N.C3H10NO2P/c1-2-3-4-5-6-7;1-4-3-7(2,5)6/h2-7H2,1H3;4H,3H2,1-2H3,(H,5,6). The lowest BCUT2D eigenvalue weighted by Gasteiger charge is -2.00. The zero-order valence-corrected chi connectivity index (χ0v) is 10.5. The highest BCUT2D eigenvalue weighted by atomic mass is 31.2. The Bertz CT molecular complexity index is 144. The average Bonchev–Trinajstić information content (AvgIpc) is 2.04. The van der Waals surface area contributed by atoms with Crippen LogP contribution in [0.2, 0.25) is 0 Å². The Morgan fingerprint density at radius 3 is 2.14 bits per heavy atom. The molecule has 0 amide bonds. The van der Waals surface area contributed by atoms with Crippen LogP contribution in [0.15, 0.2) is 0 Å². The summed E-state index contributed by atoms with van der Waals surface area (Å²) in [6.45, 7) is 4.39. The lowest BCUT2D eigenvalue weighted by Crippen LogP contribution is -2.06. The Morgan fingerprint density at radius 1 is 1.36 bits per heavy atom. The van der Waals surface area contributed by atoms with Crippen LogP contribution < -0.4 is 11.1 Å². The Kier molecular flexibility index (Phi) is 13.2. The first-order chi connectivity index (χ1) is 6.47. The van der Waals surface area contributed by atoms with E-state index in [9.17, 15) is 4.57 Å². The maximum absolute atomic E-state index is 10.3. The molecule has 4 nitrogen and oxygen atoms in total. The molecule has 0 radical (unpaired) electrons. The number of nitrogens with two attached hydrogens (primary N) is 1. The maximum Gasteiger partial charge on any atom is 0.210 e. The predicted octanol–water partition coefficient (Wildman–Crippen LogP) is 1.59. The van der Waals surface area contributed by atoms with Crippen LogP contribution in [0.1, 0.15) is 32.6 Å². The van der Waals surface area contributed by atoms with Gasteiger partial charge in [-0.25, -0.2) is 0 Å². The van der Waals surface area contributed by atoms with Gasteiger partial charge in [-0.15, -0.1) is 0 Å². The van der Waals surface area contributed by atoms with Gasteiger partial charge in [-0.3, -0.25) is 4.57 Å². The normalized spacial score (nSPS) is 14.1. The largest absolute Gasteiger partial charge is 0.344 e. The fraction of sp³-hybridized carbons (Fsp3) is 1.00. The highest BCUT2D eigenvalue weighted by Gasteiger charge is 2.04. The number of hydrogen-bond donors (Lipinski definition) is 3. The van der Waals surface area contributed by atoms with Crippen molar-refractivity contribution in [2.24, 2.45) is 5.73 Å². The molecule has 4 N–H and O–H groups in total. The van der Waals surface area contributed by atoms with Gasteiger partial charge >= 0.3 is 0 Å². The third-order valence-electron chi connectivity index (χ3n) is 1.51. The van der Waals surface area contributed by atoms with Gasteiger partial charge in [0.2, 0.25) is 7.37 Å². The van der Waals surface area contributed by atoms with Crippen molar-refractivity contribution in [2.75, 3.05) is 26.5 Å². The minimum atomic E-state index is -2.78. The summed E-state index contributed by atoms with van der Waals surface area (Å²) in [4.78, 5) is 8.51. The van der Waals surface area contributed by atoms with E-state index in [1.54, 1.807) is 7.05 Å². The molecule has 14 heavy (non-hydrogen) atoms. The Balaban J connectivity index is 0. The lowest BCUT2D eigenvalue weighted by atomic mass is 10.2. The van der Waals surface area contributed by atoms with Crippen molar-refractivity contribution in [3.05, 3.63) is 0 Å². The summed E-state index contributed by atoms with van der Waals surface area (Å²) < 4.78 is 10.3. The monoisotopic (exact) mass is 224 g/mol. The fourth-order valence-corrected chi connectivity index (χ4v) is 1.45. The number of unbranched alkanes of at least 4 members (excludes halogenated alkanes) is 3. The summed E-state index contributed by atoms with van der Waals surface area (Å²) >= 11 is 0. The summed E-state index contributed by atoms with van der Waals surface area (Å²) in [6.07, 6.45) is 5.37. The third kappa shape index (κ3) is 22.7. The summed E-state index contributed by atoms with van der Waals surface area (Å²) in [7, 11) is -1.13. The van der Waals surface area contributed by atoms with Crippen LogP contribution in [-0.2, 0) is 4.57 Å². The van der Waals surface area contributed by atoms with E-state index in [4.69, 9.17) is 10.6 Å². The zero-order valence-electron chi connectivity index (χ0n) is 9.62. The van der Waals surface area contributed by atoms with Crippen LogP contribution in [0.5, 0.6) is 0 Å². The molecule has 0 rings (SSSR count). The molecule has 0 aromatic carbocycles. The van der Waals surface area contributed by atoms with Crippen molar-refractivity contribution < 1.29 is 9.46 Å². The van der Waals surface area contributed by atoms with Gasteiger partial charge in [0.25, 0.3) is 0 Å². The van der Waals surface area contributed by atoms with Gasteiger partial charge in [0.05, 0.1) is 6.29 Å². The highest BCUT2D eigenvalue weighted by molar-refractivity contribution is 7.57. The number of hydrogen-bond acceptors (Lipinski definition) is 3. The summed E-state index contributed by atoms with van der Waals surface area (Å²) in [5, 5.41) is 2.59. The van der Waals surface area contributed by atoms with Gasteiger partial charge in [-0.05, 0) is 20.0 Å². The molecule has 0 spiro atoms. The van der Waals surface area contributed by atoms with E-state index in [1.807, 2.05) is 0 Å². The van der Waals surface area contributed by atoms with Gasteiger partial charge in [0, 0.05) is 6.66 Å². The average molecular weight is 224 g/mol. The molecule has 0 heterocycles. The second-order valence-electron chi connectivity index (χ2n) is 3.41. The van der Waals surface area contributed by atoms with E-state index in [-0.39, 0.29) is 6.29 Å². The third-order valence-corrected chi connectivity index (χ3v) is 2.41. The van der Waals surface area contributed by atoms with E-state index in [1.165, 1.54) is 32.3 Å². The topological polar surface area (TPSA) is 75.3 Å². The van der Waals surface area contributed by atoms with Crippen LogP contribution in [0, 0.1) is 0 Å². The van der Waals surface area contributed by atoms with E-state index in [0.717, 1.165) is 6.54 Å². The van der Waals surface area contributed by atoms with Crippen LogP contribution in [0.4, 0.5) is 0 Å². The van der Waals surface area contributed by atoms with Crippen LogP contribution in [0.3, 0.4) is 0 Å². The van der Waals surface area contributed by atoms with E-state index >= 15 is 0 Å². The lowest BCUT2D eigenvalue weighted by molar-refractivity contribution is 0.481. The first-order valence-electron chi connectivity index (χ1n) is 5.11. The Morgan fingerprint density at radius 2 is 1.93 bits per heavy atom. The minimum Gasteiger partial charge on any atom is -0.344 e. The van der Waals surface area contributed by atoms with Crippen molar-refractivity contribution >= 4 is 7.37 Å². The molecule has 0 fully saturated rings. The molecular formula is C9H25N2O2P. The molecule has 0 saturated carbocycles. The van der Waals surface area contributed by atoms with Crippen molar-refractivity contribution in [1.29, 1.82) is 0 Å². The molecule has 0 aliphatic heterocycles. The first kappa shape index (κ1) is 16.5. The number of rotatable bonds is 6. The predicted molar refractivity (Wildman–Crippen MR) is 62.9 cm³/mol. The quantitative estimate of drug-likeness (QED) is 0.473. The molecule has 0 saturated heterocycles. The SMILES string of the molecule is CCCCCCN.CNCP(C)(=O)O. The summed E-state index contributed by atoms with van der Waals surface area (Å²) in [5.41, 5.74) is 5.27. The fourth-order valence-electron chi connectivity index (χ4n) is 0.864. The summed E-state index contributed by atoms with van der Waals surface area (Å²) in [5.74, 6) is 0. The molecular weight excluding hydrogens is 199 g/mol. The van der Waals surface area contributed by atoms with Gasteiger partial charge in [-0.1, -0.05) is 26.2 Å². The molecule has 88 valence electrons. The highest BCUT2D eigenvalue weighted by Crippen LogP contribution is 2.32. The number of nitrogens with one attached hydrogen (secondary N) is 1. The molecule has 0 aromatic rings. The van der Waals surface area contributed by atoms with E-state index < -0.39 is 7.37 Å². The Hall–Kier alpha value is 0.110. The molecule has 0 aromatic heterocycles. The minimum absolute atomic E-state index is 0.201. The van der Waals surface area contributed by atoms with Gasteiger partial charge in [-0.2, -0.15) is 0 Å². The molecule has 1 unspecified atom stereocenters. The first-order valence-corrected chi connectivity index (χ1v) is 7.41. The Labute approximate surface area is 87.7 Å². The molecule has 0 aliphatic carbocycles. The van der Waals surface area contributed by atoms with E-state index in [0.29, 0.717) is 0 Å². The molecule has 5 heteroatoms. The zero-order chi connectivity index (χ0) is 11.4. The van der Waals surface area contributed by atoms with Crippen LogP contribution >= 0.6 is 7.37 Å². The van der Waals surface area contributed by atoms with Crippen LogP contribution in [-0.4, -0.2) is 31.4 Å². The van der Waals surface area contributed by atoms with Crippen LogP contribution in [0.25, 0.3) is 0 Å². The second-order valence-corrected chi connectivity index (χ2v) is 5.83. The van der Waals surface area contributed by atoms with Gasteiger partial charge in [0.1, 0.15) is 0 Å². The smallest absolute Gasteiger partial charge is 0.210 e. The maximum atomic E-state index is 10.3. The second kappa shape index (κ2) is 11.2.